The summed E-state index contributed by atoms with van der Waals surface area (Å²) in [5.74, 6) is -0.413. The van der Waals surface area contributed by atoms with Crippen molar-refractivity contribution in [2.24, 2.45) is 5.73 Å². The molecule has 2 atom stereocenters. The molecule has 0 aliphatic carbocycles. The molecule has 0 spiro atoms. The molecule has 1 heterocycles. The third kappa shape index (κ3) is 2.56. The first kappa shape index (κ1) is 10.2. The Bertz CT molecular complexity index is 179. The second-order valence-corrected chi connectivity index (χ2v) is 5.62. The molecule has 1 aliphatic heterocycles. The van der Waals surface area contributed by atoms with Crippen molar-refractivity contribution < 1.29 is 14.2 Å². The second kappa shape index (κ2) is 4.38. The first-order valence-electron chi connectivity index (χ1n) is 4.30. The third-order valence-corrected chi connectivity index (χ3v) is 4.30. The monoisotopic (exact) mass is 193 g/mol. The number of hydrogen-bond acceptors (Lipinski definition) is 3. The molecule has 4 nitrogen and oxygen atoms in total. The summed E-state index contributed by atoms with van der Waals surface area (Å²) in [7, 11) is -3.06. The van der Waals surface area contributed by atoms with E-state index in [0.717, 1.165) is 12.8 Å². The molecule has 1 saturated heterocycles. The zero-order chi connectivity index (χ0) is 9.03. The van der Waals surface area contributed by atoms with Crippen LogP contribution in [0.25, 0.3) is 0 Å². The molecular formula is C7H16NO3P. The predicted octanol–water partition coefficient (Wildman–Crippen LogP) is 0.742. The van der Waals surface area contributed by atoms with E-state index in [1.54, 1.807) is 0 Å². The lowest BCUT2D eigenvalue weighted by molar-refractivity contribution is 0.154. The topological polar surface area (TPSA) is 72.6 Å². The molecular weight excluding hydrogens is 177 g/mol. The Labute approximate surface area is 72.5 Å². The lowest BCUT2D eigenvalue weighted by Gasteiger charge is -2.17. The highest BCUT2D eigenvalue weighted by Gasteiger charge is 2.33. The van der Waals surface area contributed by atoms with E-state index in [2.05, 4.69) is 0 Å². The van der Waals surface area contributed by atoms with Gasteiger partial charge in [-0.05, 0) is 25.8 Å². The average Bonchev–Trinajstić information content (AvgIpc) is 2.53. The summed E-state index contributed by atoms with van der Waals surface area (Å²) < 4.78 is 16.7. The average molecular weight is 193 g/mol. The minimum absolute atomic E-state index is 0.300. The highest BCUT2D eigenvalue weighted by molar-refractivity contribution is 7.58. The highest BCUT2D eigenvalue weighted by Crippen LogP contribution is 2.50. The quantitative estimate of drug-likeness (QED) is 0.646. The molecule has 1 rings (SSSR count). The van der Waals surface area contributed by atoms with Crippen LogP contribution in [0.2, 0.25) is 0 Å². The van der Waals surface area contributed by atoms with Gasteiger partial charge in [-0.15, -0.1) is 0 Å². The fourth-order valence-corrected chi connectivity index (χ4v) is 3.19. The van der Waals surface area contributed by atoms with E-state index < -0.39 is 13.2 Å². The molecule has 0 amide bonds. The number of nitrogens with two attached hydrogens (primary N) is 1. The van der Waals surface area contributed by atoms with Gasteiger partial charge in [0, 0.05) is 12.8 Å². The van der Waals surface area contributed by atoms with Crippen LogP contribution in [0.5, 0.6) is 0 Å². The first-order valence-corrected chi connectivity index (χ1v) is 6.21. The fourth-order valence-electron chi connectivity index (χ4n) is 1.34. The van der Waals surface area contributed by atoms with Crippen molar-refractivity contribution in [2.45, 2.75) is 25.1 Å². The van der Waals surface area contributed by atoms with Gasteiger partial charge in [-0.3, -0.25) is 4.57 Å². The third-order valence-electron chi connectivity index (χ3n) is 2.04. The minimum atomic E-state index is -3.06. The summed E-state index contributed by atoms with van der Waals surface area (Å²) in [6.07, 6.45) is 2.53. The van der Waals surface area contributed by atoms with E-state index in [4.69, 9.17) is 10.5 Å². The molecule has 5 heteroatoms. The van der Waals surface area contributed by atoms with Crippen molar-refractivity contribution in [3.8, 4) is 0 Å². The molecule has 0 saturated carbocycles. The summed E-state index contributed by atoms with van der Waals surface area (Å²) in [5.41, 5.74) is 5.26. The zero-order valence-electron chi connectivity index (χ0n) is 7.11. The number of hydrogen-bond donors (Lipinski definition) is 2. The Morgan fingerprint density at radius 3 is 2.92 bits per heavy atom. The van der Waals surface area contributed by atoms with Crippen LogP contribution < -0.4 is 5.73 Å². The Hall–Kier alpha value is 0.110. The zero-order valence-corrected chi connectivity index (χ0v) is 8.00. The maximum Gasteiger partial charge on any atom is 0.228 e. The van der Waals surface area contributed by atoms with E-state index in [0.29, 0.717) is 25.7 Å². The maximum atomic E-state index is 11.6. The Balaban J connectivity index is 2.40. The van der Waals surface area contributed by atoms with Gasteiger partial charge in [0.05, 0.1) is 0 Å². The largest absolute Gasteiger partial charge is 0.368 e. The van der Waals surface area contributed by atoms with Crippen LogP contribution in [-0.4, -0.2) is 30.1 Å². The van der Waals surface area contributed by atoms with Crippen molar-refractivity contribution >= 4 is 7.37 Å². The van der Waals surface area contributed by atoms with Gasteiger partial charge in [-0.1, -0.05) is 0 Å². The molecule has 0 bridgehead atoms. The van der Waals surface area contributed by atoms with Gasteiger partial charge in [0.25, 0.3) is 0 Å². The maximum absolute atomic E-state index is 11.6. The van der Waals surface area contributed by atoms with Crippen LogP contribution in [-0.2, 0) is 9.30 Å². The first-order chi connectivity index (χ1) is 5.67. The molecule has 0 radical (unpaired) electrons. The predicted molar refractivity (Wildman–Crippen MR) is 47.3 cm³/mol. The summed E-state index contributed by atoms with van der Waals surface area (Å²) in [4.78, 5) is 9.52. The lowest BCUT2D eigenvalue weighted by atomic mass is 10.4. The molecule has 1 aliphatic rings. The normalized spacial score (nSPS) is 28.7. The Morgan fingerprint density at radius 2 is 2.42 bits per heavy atom. The van der Waals surface area contributed by atoms with Gasteiger partial charge in [-0.2, -0.15) is 0 Å². The van der Waals surface area contributed by atoms with Crippen LogP contribution in [0.15, 0.2) is 0 Å². The van der Waals surface area contributed by atoms with Crippen LogP contribution in [0.4, 0.5) is 0 Å². The van der Waals surface area contributed by atoms with Gasteiger partial charge >= 0.3 is 0 Å². The van der Waals surface area contributed by atoms with Gasteiger partial charge in [0.15, 0.2) is 0 Å². The lowest BCUT2D eigenvalue weighted by Crippen LogP contribution is -2.11. The standard InChI is InChI=1S/C7H16NO3P/c8-4-2-6-12(9,10)7-3-1-5-11-7/h7H,1-6,8H2,(H,9,10)/t7-/m0/s1. The van der Waals surface area contributed by atoms with Crippen LogP contribution >= 0.6 is 7.37 Å². The van der Waals surface area contributed by atoms with Crippen LogP contribution in [0, 0.1) is 0 Å². The second-order valence-electron chi connectivity index (χ2n) is 3.09. The molecule has 1 unspecified atom stereocenters. The van der Waals surface area contributed by atoms with E-state index in [1.807, 2.05) is 0 Å². The fraction of sp³-hybridized carbons (Fsp3) is 1.00. The van der Waals surface area contributed by atoms with Crippen LogP contribution in [0.3, 0.4) is 0 Å². The summed E-state index contributed by atoms with van der Waals surface area (Å²) in [5, 5.41) is 0. The van der Waals surface area contributed by atoms with Gasteiger partial charge in [-0.25, -0.2) is 0 Å². The van der Waals surface area contributed by atoms with E-state index in [-0.39, 0.29) is 0 Å². The number of ether oxygens (including phenoxy) is 1. The SMILES string of the molecule is NCCCP(=O)(O)[C@H]1CCCO1. The molecule has 12 heavy (non-hydrogen) atoms. The Kier molecular flexibility index (Phi) is 3.72. The Morgan fingerprint density at radius 1 is 1.67 bits per heavy atom. The van der Waals surface area contributed by atoms with E-state index >= 15 is 0 Å². The highest BCUT2D eigenvalue weighted by atomic mass is 31.2. The molecule has 0 aromatic heterocycles. The summed E-state index contributed by atoms with van der Waals surface area (Å²) in [6, 6.07) is 0. The van der Waals surface area contributed by atoms with Gasteiger partial charge in [0.2, 0.25) is 7.37 Å². The minimum Gasteiger partial charge on any atom is -0.368 e. The number of rotatable bonds is 4. The summed E-state index contributed by atoms with van der Waals surface area (Å²) in [6.45, 7) is 1.09. The summed E-state index contributed by atoms with van der Waals surface area (Å²) >= 11 is 0. The van der Waals surface area contributed by atoms with E-state index in [1.165, 1.54) is 0 Å². The van der Waals surface area contributed by atoms with Gasteiger partial charge in [0.1, 0.15) is 5.85 Å². The van der Waals surface area contributed by atoms with Crippen molar-refractivity contribution in [2.75, 3.05) is 19.3 Å². The van der Waals surface area contributed by atoms with Crippen molar-refractivity contribution in [3.63, 3.8) is 0 Å². The van der Waals surface area contributed by atoms with Crippen molar-refractivity contribution in [1.82, 2.24) is 0 Å². The molecule has 0 aromatic rings. The molecule has 72 valence electrons. The van der Waals surface area contributed by atoms with Gasteiger partial charge < -0.3 is 15.4 Å². The van der Waals surface area contributed by atoms with Crippen LogP contribution in [0.1, 0.15) is 19.3 Å². The van der Waals surface area contributed by atoms with E-state index in [9.17, 15) is 9.46 Å². The molecule has 3 N–H and O–H groups in total. The van der Waals surface area contributed by atoms with Crippen molar-refractivity contribution in [3.05, 3.63) is 0 Å². The molecule has 0 aromatic carbocycles. The molecule has 1 fully saturated rings. The smallest absolute Gasteiger partial charge is 0.228 e. The van der Waals surface area contributed by atoms with Crippen molar-refractivity contribution in [1.29, 1.82) is 0 Å².